The number of carbonyl (C=O) groups is 11. The van der Waals surface area contributed by atoms with Crippen LogP contribution in [0.5, 0.6) is 17.2 Å². The predicted octanol–water partition coefficient (Wildman–Crippen LogP) is 14.6. The summed E-state index contributed by atoms with van der Waals surface area (Å²) in [4.78, 5) is 170. The normalized spacial score (nSPS) is 24.3. The minimum absolute atomic E-state index is 0.0510. The standard InChI is InChI=1S/C44H57N5O9.C31H42BrNO9S.C18H22N4O3.C11H13NO5/c1-8-28-22-44(28,42(53)54)23-36(50)35-19-31(24-48(35)41(52)33(43(4,5)6)20-40(51)58-30-16-26-15-27(26)17-30)57-37-21-39(49-12-11-38(47-49)45-25(2)3)46-34-18-29(9-10-32(34)37)56-14-13-55-7;1-9-19-16-31(19,28(37)40-8)17-25(34)24-14-21(42-43(38,39)22-12-10-20(32)11-13-22)18-33(24)27(36)23(29(2,3)4)15-26(35)41-30(5,6)7;1-12(2)19-17-6-7-22(21-17)18-11-16(23)14-5-4-13(10-15(14)20-18)25-9-8-24-3;13-9-1-2-10(14)12(9)17-11(15)16-8-4-6-3-7(6)5-8/h8-12,18,21,25-28,30-31,33,35H,1,13-17,19-20,22-24H2,2-7H3,(H,45,47)(H,53,54);9-13,19,21,23-24H,1,14-18H2,2-8H3;4-7,10-12H,8-9H2,1-3H3,(H,19,21)(H,20,23);6-8H,1-5H2/t26-,27+,28-,30?,31-,33-,35+,44-;19-,21+,23-,24+,31-;;6-,7?,8?/m11.0/s1. The Hall–Kier alpha value is -11.9. The largest absolute Gasteiger partial charge is 0.534 e. The molecule has 7 heterocycles. The van der Waals surface area contributed by atoms with Gasteiger partial charge < -0.3 is 73.2 Å². The number of aromatic nitrogens is 6. The number of nitrogens with one attached hydrogen (secondary N) is 3. The fourth-order valence-corrected chi connectivity index (χ4v) is 20.9. The number of pyridine rings is 2. The number of fused-ring (bicyclic) bond motifs is 4. The number of ether oxygens (including phenoxy) is 9. The number of hydrogen-bond acceptors (Lipinski definition) is 30. The first kappa shape index (κ1) is 108. The van der Waals surface area contributed by atoms with E-state index >= 15 is 0 Å². The summed E-state index contributed by atoms with van der Waals surface area (Å²) in [5.41, 5.74) is -3.25. The molecule has 6 aliphatic carbocycles. The Balaban J connectivity index is 0.000000175. The van der Waals surface area contributed by atoms with Crippen LogP contribution < -0.4 is 30.3 Å². The van der Waals surface area contributed by atoms with Gasteiger partial charge >= 0.3 is 30.0 Å². The summed E-state index contributed by atoms with van der Waals surface area (Å²) in [6.07, 6.45) is 9.97. The van der Waals surface area contributed by atoms with E-state index in [2.05, 4.69) is 59.7 Å². The van der Waals surface area contributed by atoms with Crippen LogP contribution in [0.2, 0.25) is 0 Å². The van der Waals surface area contributed by atoms with E-state index in [-0.39, 0.29) is 123 Å². The third-order valence-corrected chi connectivity index (χ3v) is 29.4. The number of likely N-dealkylation sites (tertiary alicyclic amines) is 2. The summed E-state index contributed by atoms with van der Waals surface area (Å²) in [7, 11) is 0.249. The molecule has 37 nitrogen and oxygen atoms in total. The number of Topliss-reactive ketones (excluding diaryl/α,β-unsaturated/α-hetero) is 2. The zero-order valence-corrected chi connectivity index (χ0v) is 86.5. The number of carboxylic acids is 1. The number of hydroxylamine groups is 2. The molecule has 7 aromatic rings. The van der Waals surface area contributed by atoms with Crippen molar-refractivity contribution in [2.75, 3.05) is 71.5 Å². The highest BCUT2D eigenvalue weighted by molar-refractivity contribution is 9.10. The third kappa shape index (κ3) is 27.4. The van der Waals surface area contributed by atoms with E-state index in [0.29, 0.717) is 129 Å². The number of H-pyrrole nitrogens is 1. The zero-order chi connectivity index (χ0) is 104. The average molecular weight is 2070 g/mol. The molecule has 774 valence electrons. The maximum atomic E-state index is 14.8. The molecular weight excluding hydrogens is 1930 g/mol. The number of imide groups is 1. The summed E-state index contributed by atoms with van der Waals surface area (Å²) >= 11 is 3.27. The van der Waals surface area contributed by atoms with Gasteiger partial charge in [-0.25, -0.2) is 19.1 Å². The topological polar surface area (TPSA) is 459 Å². The van der Waals surface area contributed by atoms with E-state index in [0.717, 1.165) is 31.5 Å². The molecule has 16 rings (SSSR count). The number of aromatic amines is 1. The minimum atomic E-state index is -4.23. The van der Waals surface area contributed by atoms with Gasteiger partial charge in [0.15, 0.2) is 22.8 Å². The third-order valence-electron chi connectivity index (χ3n) is 27.5. The van der Waals surface area contributed by atoms with E-state index in [1.165, 1.54) is 41.9 Å². The first-order valence-electron chi connectivity index (χ1n) is 48.8. The van der Waals surface area contributed by atoms with Crippen LogP contribution in [-0.2, 0) is 95.5 Å². The number of rotatable bonds is 38. The van der Waals surface area contributed by atoms with E-state index < -0.39 is 127 Å². The Kier molecular flexibility index (Phi) is 34.2. The Morgan fingerprint density at radius 3 is 1.59 bits per heavy atom. The van der Waals surface area contributed by atoms with Gasteiger partial charge in [-0.15, -0.1) is 23.4 Å². The molecule has 3 saturated heterocycles. The highest BCUT2D eigenvalue weighted by atomic mass is 79.9. The van der Waals surface area contributed by atoms with Crippen LogP contribution in [0.4, 0.5) is 16.4 Å². The molecule has 0 spiro atoms. The van der Waals surface area contributed by atoms with Crippen molar-refractivity contribution in [1.82, 2.24) is 44.4 Å². The van der Waals surface area contributed by atoms with E-state index in [1.54, 1.807) is 105 Å². The lowest BCUT2D eigenvalue weighted by atomic mass is 9.77. The first-order valence-corrected chi connectivity index (χ1v) is 51.0. The van der Waals surface area contributed by atoms with Crippen LogP contribution in [-0.4, -0.2) is 238 Å². The summed E-state index contributed by atoms with van der Waals surface area (Å²) in [5, 5.41) is 27.6. The molecule has 143 heavy (non-hydrogen) atoms. The van der Waals surface area contributed by atoms with Gasteiger partial charge in [0.25, 0.3) is 21.9 Å². The average Bonchev–Trinajstić information content (AvgIpc) is 1.57. The maximum Gasteiger partial charge on any atom is 0.534 e. The Labute approximate surface area is 840 Å². The molecule has 16 atom stereocenters. The van der Waals surface area contributed by atoms with Gasteiger partial charge in [0.2, 0.25) is 11.8 Å². The molecule has 9 fully saturated rings. The van der Waals surface area contributed by atoms with Crippen LogP contribution in [0, 0.1) is 69.0 Å². The fourth-order valence-electron chi connectivity index (χ4n) is 19.6. The van der Waals surface area contributed by atoms with Crippen LogP contribution in [0.15, 0.2) is 137 Å². The molecule has 3 aliphatic heterocycles. The number of allylic oxidation sites excluding steroid dienone is 2. The zero-order valence-electron chi connectivity index (χ0n) is 84.1. The highest BCUT2D eigenvalue weighted by Crippen LogP contribution is 2.59. The van der Waals surface area contributed by atoms with Crippen molar-refractivity contribution in [1.29, 1.82) is 0 Å². The van der Waals surface area contributed by atoms with Gasteiger partial charge in [0.05, 0.1) is 96.5 Å². The number of carbonyl (C=O) groups excluding carboxylic acids is 10. The first-order chi connectivity index (χ1) is 67.5. The van der Waals surface area contributed by atoms with Crippen molar-refractivity contribution in [3.63, 3.8) is 0 Å². The lowest BCUT2D eigenvalue weighted by Gasteiger charge is -2.35. The van der Waals surface area contributed by atoms with Gasteiger partial charge in [-0.05, 0) is 195 Å². The smallest absolute Gasteiger partial charge is 0.491 e. The van der Waals surface area contributed by atoms with E-state index in [4.69, 9.17) is 51.8 Å². The number of methoxy groups -OCH3 is 3. The number of anilines is 2. The van der Waals surface area contributed by atoms with Crippen molar-refractivity contribution >= 4 is 125 Å². The molecule has 6 saturated carbocycles. The van der Waals surface area contributed by atoms with Crippen molar-refractivity contribution < 1.29 is 118 Å². The molecule has 9 aliphatic rings. The number of nitrogens with zero attached hydrogens (tertiary/aromatic N) is 8. The highest BCUT2D eigenvalue weighted by Gasteiger charge is 2.63. The number of hydrogen-bond donors (Lipinski definition) is 4. The van der Waals surface area contributed by atoms with Gasteiger partial charge in [0, 0.05) is 135 Å². The Morgan fingerprint density at radius 1 is 0.587 bits per heavy atom. The number of benzene rings is 3. The molecule has 3 unspecified atom stereocenters. The molecule has 4 N–H and O–H groups in total. The second-order valence-corrected chi connectivity index (χ2v) is 44.8. The van der Waals surface area contributed by atoms with E-state index in [1.807, 2.05) is 106 Å². The van der Waals surface area contributed by atoms with Crippen LogP contribution in [0.3, 0.4) is 0 Å². The fraction of sp³-hybridized carbons (Fsp3) is 0.567. The summed E-state index contributed by atoms with van der Waals surface area (Å²) in [5.74, 6) is -0.528. The van der Waals surface area contributed by atoms with Gasteiger partial charge in [0.1, 0.15) is 71.8 Å². The van der Waals surface area contributed by atoms with Crippen LogP contribution >= 0.6 is 15.9 Å². The molecule has 0 bridgehead atoms. The van der Waals surface area contributed by atoms with Crippen molar-refractivity contribution in [2.45, 2.75) is 252 Å². The van der Waals surface area contributed by atoms with Gasteiger partial charge in [-0.2, -0.15) is 8.42 Å². The summed E-state index contributed by atoms with van der Waals surface area (Å²) < 4.78 is 85.6. The molecule has 4 amide bonds. The number of amides is 4. The van der Waals surface area contributed by atoms with Crippen LogP contribution in [0.25, 0.3) is 33.4 Å². The quantitative estimate of drug-likeness (QED) is 0.00697. The lowest BCUT2D eigenvalue weighted by molar-refractivity contribution is -0.178. The Morgan fingerprint density at radius 2 is 1.08 bits per heavy atom. The number of esters is 3. The van der Waals surface area contributed by atoms with Crippen molar-refractivity contribution in [3.8, 4) is 28.9 Å². The van der Waals surface area contributed by atoms with Crippen molar-refractivity contribution in [2.24, 2.45) is 69.0 Å². The molecular formula is C104H134BrN11O26S. The maximum absolute atomic E-state index is 14.8. The van der Waals surface area contributed by atoms with Crippen molar-refractivity contribution in [3.05, 3.63) is 137 Å². The monoisotopic (exact) mass is 2060 g/mol. The van der Waals surface area contributed by atoms with Crippen LogP contribution in [0.1, 0.15) is 193 Å². The number of aliphatic carboxylic acids is 1. The summed E-state index contributed by atoms with van der Waals surface area (Å²) in [6.45, 7) is 33.6. The predicted molar refractivity (Wildman–Crippen MR) is 529 cm³/mol. The second-order valence-electron chi connectivity index (χ2n) is 42.4. The number of ketones is 2. The summed E-state index contributed by atoms with van der Waals surface area (Å²) in [6, 6.07) is 22.2. The molecule has 4 aromatic heterocycles. The molecule has 0 radical (unpaired) electrons. The van der Waals surface area contributed by atoms with Gasteiger partial charge in [-0.3, -0.25) is 61.8 Å². The van der Waals surface area contributed by atoms with E-state index in [9.17, 15) is 71.1 Å². The minimum Gasteiger partial charge on any atom is -0.491 e. The SMILES string of the molecule is C=C[C@@H]1C[C@]1(CC(=O)[C@@H]1C[C@@H](Oc2cc(-n3ccc(NC(C)C)n3)nc3cc(OCCOC)ccc23)CN1C(=O)[C@@H](CC(=O)OC1C[C@@H]2C[C@@H]2C1)C(C)(C)C)C(=O)O.C=C[C@@H]1C[C@]1(CC(=O)[C@@H]1C[C@H](OS(=O)(=O)c2ccc(Br)cc2)CN1C(=O)[C@@H](CC(=O)OC(C)(C)C)C(C)(C)C)C(=O)OC.COCCOc1ccc2c(=O)cc(-n3ccc(NC(C)C)n3)[nH]c2c1.O=C(OC1CC2C[C@H]2C1)ON1C(=O)CCC1=O. The van der Waals surface area contributed by atoms with Gasteiger partial charge in [-0.1, -0.05) is 74.7 Å². The molecule has 3 aromatic carbocycles. The molecule has 39 heteroatoms. The second kappa shape index (κ2) is 45.1. The number of carboxylic acid groups (broad SMARTS) is 1. The Bertz CT molecular complexity index is 6040. The lowest BCUT2D eigenvalue weighted by Crippen LogP contribution is -2.48. The number of halogens is 1.